The van der Waals surface area contributed by atoms with Crippen LogP contribution in [-0.2, 0) is 9.53 Å². The van der Waals surface area contributed by atoms with E-state index in [4.69, 9.17) is 9.47 Å². The maximum Gasteiger partial charge on any atom is 0.327 e. The molecule has 31 heavy (non-hydrogen) atoms. The Morgan fingerprint density at radius 3 is 2.52 bits per heavy atom. The molecule has 9 heteroatoms. The number of carbonyl (C=O) groups excluding carboxylic acids is 2. The van der Waals surface area contributed by atoms with E-state index >= 15 is 0 Å². The van der Waals surface area contributed by atoms with Crippen molar-refractivity contribution >= 4 is 17.6 Å². The first-order chi connectivity index (χ1) is 15.0. The molecule has 4 rings (SSSR count). The Labute approximate surface area is 183 Å². The Morgan fingerprint density at radius 2 is 1.84 bits per heavy atom. The monoisotopic (exact) mass is 431 g/mol. The van der Waals surface area contributed by atoms with E-state index < -0.39 is 6.04 Å². The number of nitrogens with zero attached hydrogens (tertiary/aromatic N) is 4. The van der Waals surface area contributed by atoms with Crippen LogP contribution in [0.5, 0.6) is 5.75 Å². The molecule has 3 aliphatic heterocycles. The van der Waals surface area contributed by atoms with E-state index in [1.54, 1.807) is 11.9 Å². The van der Waals surface area contributed by atoms with E-state index in [0.29, 0.717) is 25.7 Å². The molecule has 9 nitrogen and oxygen atoms in total. The van der Waals surface area contributed by atoms with Crippen LogP contribution < -0.4 is 15.0 Å². The Hall–Kier alpha value is -2.36. The predicted octanol–water partition coefficient (Wildman–Crippen LogP) is 1.36. The molecular formula is C22H33N5O4. The number of likely N-dealkylation sites (N-methyl/N-ethyl adjacent to an activating group) is 1. The van der Waals surface area contributed by atoms with Gasteiger partial charge in [-0.25, -0.2) is 4.79 Å². The van der Waals surface area contributed by atoms with Crippen molar-refractivity contribution in [2.24, 2.45) is 5.92 Å². The zero-order valence-electron chi connectivity index (χ0n) is 18.8. The fourth-order valence-corrected chi connectivity index (χ4v) is 4.83. The zero-order valence-corrected chi connectivity index (χ0v) is 18.8. The van der Waals surface area contributed by atoms with Crippen LogP contribution in [0.25, 0.3) is 0 Å². The van der Waals surface area contributed by atoms with Crippen molar-refractivity contribution < 1.29 is 19.1 Å². The molecule has 1 aromatic rings. The number of amides is 3. The van der Waals surface area contributed by atoms with Gasteiger partial charge in [0.05, 0.1) is 19.8 Å². The quantitative estimate of drug-likeness (QED) is 0.653. The molecule has 4 atom stereocenters. The van der Waals surface area contributed by atoms with Gasteiger partial charge in [0.25, 0.3) is 5.91 Å². The highest BCUT2D eigenvalue weighted by atomic mass is 16.5. The first kappa shape index (κ1) is 21.9. The van der Waals surface area contributed by atoms with Crippen LogP contribution in [0.2, 0.25) is 0 Å². The van der Waals surface area contributed by atoms with Gasteiger partial charge in [0.2, 0.25) is 0 Å². The average Bonchev–Trinajstić information content (AvgIpc) is 3.14. The maximum atomic E-state index is 13.4. The molecule has 0 aliphatic carbocycles. The van der Waals surface area contributed by atoms with E-state index in [1.807, 2.05) is 26.0 Å². The lowest BCUT2D eigenvalue weighted by Crippen LogP contribution is -2.67. The SMILES string of the molecule is CCOCCN1C(=O)C2C(NC3N(c4ccc(OCC)cc4)CC(C)CN23)N(C)C1=O. The van der Waals surface area contributed by atoms with E-state index in [1.165, 1.54) is 4.90 Å². The summed E-state index contributed by atoms with van der Waals surface area (Å²) < 4.78 is 11.0. The third kappa shape index (κ3) is 3.97. The van der Waals surface area contributed by atoms with E-state index in [2.05, 4.69) is 34.2 Å². The fraction of sp³-hybridized carbons (Fsp3) is 0.636. The molecule has 1 aromatic carbocycles. The number of nitrogens with one attached hydrogen (secondary N) is 1. The van der Waals surface area contributed by atoms with Crippen LogP contribution in [0.4, 0.5) is 10.5 Å². The van der Waals surface area contributed by atoms with Gasteiger partial charge >= 0.3 is 6.03 Å². The number of ether oxygens (including phenoxy) is 2. The topological polar surface area (TPSA) is 77.6 Å². The lowest BCUT2D eigenvalue weighted by molar-refractivity contribution is -0.139. The van der Waals surface area contributed by atoms with Crippen LogP contribution in [0, 0.1) is 5.92 Å². The molecule has 3 saturated heterocycles. The molecule has 3 heterocycles. The average molecular weight is 432 g/mol. The van der Waals surface area contributed by atoms with Crippen molar-refractivity contribution in [3.8, 4) is 5.75 Å². The molecule has 0 aromatic heterocycles. The third-order valence-corrected chi connectivity index (χ3v) is 6.23. The maximum absolute atomic E-state index is 13.4. The first-order valence-corrected chi connectivity index (χ1v) is 11.1. The van der Waals surface area contributed by atoms with Crippen molar-refractivity contribution in [1.82, 2.24) is 20.0 Å². The molecule has 1 N–H and O–H groups in total. The minimum Gasteiger partial charge on any atom is -0.494 e. The van der Waals surface area contributed by atoms with E-state index in [0.717, 1.165) is 24.5 Å². The summed E-state index contributed by atoms with van der Waals surface area (Å²) in [6.07, 6.45) is -0.515. The highest BCUT2D eigenvalue weighted by molar-refractivity contribution is 6.00. The second-order valence-electron chi connectivity index (χ2n) is 8.39. The Kier molecular flexibility index (Phi) is 6.36. The number of hydrogen-bond donors (Lipinski definition) is 1. The van der Waals surface area contributed by atoms with E-state index in [-0.39, 0.29) is 30.9 Å². The number of benzene rings is 1. The standard InChI is InChI=1S/C22H33N5O4/c1-5-30-12-11-25-20(28)18-19(24(4)22(25)29)23-21-26(13-15(3)14-27(18)21)16-7-9-17(10-8-16)31-6-2/h7-10,15,18-19,21,23H,5-6,11-14H2,1-4H3. The van der Waals surface area contributed by atoms with Crippen molar-refractivity contribution in [1.29, 1.82) is 0 Å². The number of hydrogen-bond acceptors (Lipinski definition) is 7. The summed E-state index contributed by atoms with van der Waals surface area (Å²) in [5.74, 6) is 1.06. The summed E-state index contributed by atoms with van der Waals surface area (Å²) in [5, 5.41) is 3.55. The van der Waals surface area contributed by atoms with Crippen molar-refractivity contribution in [3.63, 3.8) is 0 Å². The van der Waals surface area contributed by atoms with Gasteiger partial charge in [-0.1, -0.05) is 6.92 Å². The molecule has 3 aliphatic rings. The van der Waals surface area contributed by atoms with E-state index in [9.17, 15) is 9.59 Å². The van der Waals surface area contributed by atoms with Crippen molar-refractivity contribution in [2.75, 3.05) is 51.4 Å². The summed E-state index contributed by atoms with van der Waals surface area (Å²) in [4.78, 5) is 33.7. The molecule has 4 unspecified atom stereocenters. The minimum atomic E-state index is -0.415. The summed E-state index contributed by atoms with van der Waals surface area (Å²) in [5.41, 5.74) is 1.06. The highest BCUT2D eigenvalue weighted by Gasteiger charge is 2.56. The first-order valence-electron chi connectivity index (χ1n) is 11.1. The van der Waals surface area contributed by atoms with Gasteiger partial charge < -0.3 is 19.3 Å². The Bertz CT molecular complexity index is 804. The molecule has 3 fully saturated rings. The molecule has 3 amide bonds. The second kappa shape index (κ2) is 9.02. The summed E-state index contributed by atoms with van der Waals surface area (Å²) >= 11 is 0. The number of anilines is 1. The number of fused-ring (bicyclic) bond motifs is 3. The number of imide groups is 1. The van der Waals surface area contributed by atoms with Gasteiger partial charge in [-0.3, -0.25) is 19.9 Å². The number of carbonyl (C=O) groups is 2. The van der Waals surface area contributed by atoms with Crippen LogP contribution in [0.15, 0.2) is 24.3 Å². The van der Waals surface area contributed by atoms with Crippen LogP contribution in [0.3, 0.4) is 0 Å². The molecule has 0 radical (unpaired) electrons. The fourth-order valence-electron chi connectivity index (χ4n) is 4.83. The van der Waals surface area contributed by atoms with Gasteiger partial charge in [0, 0.05) is 32.4 Å². The summed E-state index contributed by atoms with van der Waals surface area (Å²) in [6.45, 7) is 9.53. The summed E-state index contributed by atoms with van der Waals surface area (Å²) in [6, 6.07) is 7.36. The second-order valence-corrected chi connectivity index (χ2v) is 8.39. The van der Waals surface area contributed by atoms with Crippen molar-refractivity contribution in [3.05, 3.63) is 24.3 Å². The van der Waals surface area contributed by atoms with Crippen LogP contribution in [-0.4, -0.2) is 91.6 Å². The normalized spacial score (nSPS) is 28.7. The zero-order chi connectivity index (χ0) is 22.1. The van der Waals surface area contributed by atoms with Crippen molar-refractivity contribution in [2.45, 2.75) is 39.3 Å². The van der Waals surface area contributed by atoms with Gasteiger partial charge in [-0.05, 0) is 44.0 Å². The van der Waals surface area contributed by atoms with Gasteiger partial charge in [0.1, 0.15) is 24.2 Å². The molecule has 0 bridgehead atoms. The van der Waals surface area contributed by atoms with Crippen LogP contribution >= 0.6 is 0 Å². The van der Waals surface area contributed by atoms with Gasteiger partial charge in [-0.15, -0.1) is 0 Å². The predicted molar refractivity (Wildman–Crippen MR) is 117 cm³/mol. The van der Waals surface area contributed by atoms with Gasteiger partial charge in [0.15, 0.2) is 0 Å². The molecular weight excluding hydrogens is 398 g/mol. The number of urea groups is 1. The van der Waals surface area contributed by atoms with Gasteiger partial charge in [-0.2, -0.15) is 0 Å². The Balaban J connectivity index is 1.58. The molecule has 0 spiro atoms. The third-order valence-electron chi connectivity index (χ3n) is 6.23. The largest absolute Gasteiger partial charge is 0.494 e. The highest BCUT2D eigenvalue weighted by Crippen LogP contribution is 2.34. The van der Waals surface area contributed by atoms with Crippen LogP contribution in [0.1, 0.15) is 20.8 Å². The smallest absolute Gasteiger partial charge is 0.327 e. The minimum absolute atomic E-state index is 0.149. The lowest BCUT2D eigenvalue weighted by Gasteiger charge is -2.46. The molecule has 170 valence electrons. The number of rotatable bonds is 7. The Morgan fingerprint density at radius 1 is 1.10 bits per heavy atom. The lowest BCUT2D eigenvalue weighted by atomic mass is 10.0. The molecule has 0 saturated carbocycles. The summed E-state index contributed by atoms with van der Waals surface area (Å²) in [7, 11) is 1.76.